The lowest BCUT2D eigenvalue weighted by molar-refractivity contribution is -0.121. The van der Waals surface area contributed by atoms with Crippen LogP contribution in [0.15, 0.2) is 30.3 Å². The van der Waals surface area contributed by atoms with Gasteiger partial charge in [-0.2, -0.15) is 0 Å². The number of nitrogens with one attached hydrogen (secondary N) is 1. The van der Waals surface area contributed by atoms with Crippen LogP contribution in [-0.4, -0.2) is 20.1 Å². The maximum Gasteiger partial charge on any atom is 0.225 e. The summed E-state index contributed by atoms with van der Waals surface area (Å²) in [5, 5.41) is 4.03. The molecule has 0 radical (unpaired) electrons. The van der Waals surface area contributed by atoms with Crippen LogP contribution in [-0.2, 0) is 11.2 Å². The van der Waals surface area contributed by atoms with Crippen molar-refractivity contribution in [1.82, 2.24) is 5.32 Å². The van der Waals surface area contributed by atoms with Gasteiger partial charge >= 0.3 is 0 Å². The summed E-state index contributed by atoms with van der Waals surface area (Å²) in [4.78, 5) is 12.1. The Kier molecular flexibility index (Phi) is 4.37. The van der Waals surface area contributed by atoms with E-state index in [0.717, 1.165) is 16.7 Å². The first-order valence-electron chi connectivity index (χ1n) is 7.02. The van der Waals surface area contributed by atoms with Gasteiger partial charge in [-0.3, -0.25) is 4.79 Å². The molecular weight excluding hydrogens is 337 g/mol. The van der Waals surface area contributed by atoms with Crippen molar-refractivity contribution in [2.24, 2.45) is 0 Å². The Morgan fingerprint density at radius 1 is 1.04 bits per heavy atom. The predicted molar refractivity (Wildman–Crippen MR) is 89.7 cm³/mol. The minimum Gasteiger partial charge on any atom is -0.493 e. The van der Waals surface area contributed by atoms with Crippen molar-refractivity contribution in [1.29, 1.82) is 0 Å². The van der Waals surface area contributed by atoms with E-state index in [1.807, 2.05) is 18.2 Å². The number of fused-ring (bicyclic) bond motifs is 1. The van der Waals surface area contributed by atoms with Crippen LogP contribution in [0.2, 0.25) is 10.0 Å². The first-order valence-corrected chi connectivity index (χ1v) is 7.78. The van der Waals surface area contributed by atoms with E-state index >= 15 is 0 Å². The number of amides is 1. The summed E-state index contributed by atoms with van der Waals surface area (Å²) in [5.74, 6) is 1.14. The van der Waals surface area contributed by atoms with E-state index in [-0.39, 0.29) is 18.4 Å². The number of halogens is 2. The third-order valence-electron chi connectivity index (χ3n) is 3.89. The second kappa shape index (κ2) is 6.30. The van der Waals surface area contributed by atoms with E-state index in [9.17, 15) is 4.79 Å². The van der Waals surface area contributed by atoms with Crippen LogP contribution in [0.25, 0.3) is 0 Å². The number of ether oxygens (including phenoxy) is 2. The molecule has 1 atom stereocenters. The smallest absolute Gasteiger partial charge is 0.225 e. The molecular formula is C17H15Cl2NO3. The summed E-state index contributed by atoms with van der Waals surface area (Å²) >= 11 is 12.3. The molecule has 1 aliphatic rings. The van der Waals surface area contributed by atoms with Crippen LogP contribution < -0.4 is 14.8 Å². The van der Waals surface area contributed by atoms with Crippen LogP contribution in [0.5, 0.6) is 11.5 Å². The molecule has 1 heterocycles. The lowest BCUT2D eigenvalue weighted by Crippen LogP contribution is -2.36. The Bertz CT molecular complexity index is 777. The summed E-state index contributed by atoms with van der Waals surface area (Å²) in [5.41, 5.74) is 2.62. The van der Waals surface area contributed by atoms with E-state index in [4.69, 9.17) is 32.7 Å². The van der Waals surface area contributed by atoms with Gasteiger partial charge in [-0.1, -0.05) is 29.3 Å². The molecule has 1 N–H and O–H groups in total. The minimum absolute atomic E-state index is 0.0688. The number of carbonyl (C=O) groups excluding carboxylic acids is 1. The number of hydrogen-bond acceptors (Lipinski definition) is 3. The summed E-state index contributed by atoms with van der Waals surface area (Å²) < 4.78 is 10.7. The van der Waals surface area contributed by atoms with Gasteiger partial charge in [-0.05, 0) is 41.0 Å². The fourth-order valence-electron chi connectivity index (χ4n) is 2.80. The van der Waals surface area contributed by atoms with Gasteiger partial charge in [-0.15, -0.1) is 0 Å². The molecule has 0 saturated heterocycles. The van der Waals surface area contributed by atoms with Crippen molar-refractivity contribution < 1.29 is 14.3 Å². The summed E-state index contributed by atoms with van der Waals surface area (Å²) in [6.07, 6.45) is 0.289. The maximum absolute atomic E-state index is 12.1. The largest absolute Gasteiger partial charge is 0.493 e. The van der Waals surface area contributed by atoms with Gasteiger partial charge in [0, 0.05) is 10.0 Å². The van der Waals surface area contributed by atoms with Crippen molar-refractivity contribution in [2.45, 2.75) is 12.5 Å². The molecule has 0 spiro atoms. The number of benzene rings is 2. The van der Waals surface area contributed by atoms with Crippen molar-refractivity contribution in [3.63, 3.8) is 0 Å². The monoisotopic (exact) mass is 351 g/mol. The van der Waals surface area contributed by atoms with Crippen molar-refractivity contribution in [3.05, 3.63) is 57.1 Å². The average molecular weight is 352 g/mol. The highest BCUT2D eigenvalue weighted by atomic mass is 35.5. The Morgan fingerprint density at radius 2 is 1.74 bits per heavy atom. The van der Waals surface area contributed by atoms with E-state index in [1.54, 1.807) is 26.4 Å². The molecule has 2 aromatic rings. The zero-order valence-corrected chi connectivity index (χ0v) is 14.2. The molecule has 1 aliphatic heterocycles. The topological polar surface area (TPSA) is 47.6 Å². The third-order valence-corrected chi connectivity index (χ3v) is 4.45. The zero-order valence-electron chi connectivity index (χ0n) is 12.7. The first kappa shape index (κ1) is 16.0. The summed E-state index contributed by atoms with van der Waals surface area (Å²) in [6.45, 7) is 0. The third kappa shape index (κ3) is 2.96. The van der Waals surface area contributed by atoms with E-state index in [1.165, 1.54) is 0 Å². The second-order valence-electron chi connectivity index (χ2n) is 5.25. The van der Waals surface area contributed by atoms with Gasteiger partial charge in [0.15, 0.2) is 11.5 Å². The quantitative estimate of drug-likeness (QED) is 0.915. The molecule has 2 aromatic carbocycles. The molecule has 3 rings (SSSR count). The van der Waals surface area contributed by atoms with Crippen LogP contribution >= 0.6 is 23.2 Å². The average Bonchev–Trinajstić information content (AvgIpc) is 2.53. The van der Waals surface area contributed by atoms with Gasteiger partial charge in [0.2, 0.25) is 5.91 Å². The zero-order chi connectivity index (χ0) is 16.6. The van der Waals surface area contributed by atoms with Crippen LogP contribution in [0.3, 0.4) is 0 Å². The Morgan fingerprint density at radius 3 is 2.39 bits per heavy atom. The number of hydrogen-bond donors (Lipinski definition) is 1. The van der Waals surface area contributed by atoms with Gasteiger partial charge in [0.25, 0.3) is 0 Å². The lowest BCUT2D eigenvalue weighted by atomic mass is 9.89. The Balaban J connectivity index is 2.16. The minimum atomic E-state index is -0.351. The van der Waals surface area contributed by atoms with Gasteiger partial charge in [0.05, 0.1) is 26.7 Å². The molecule has 0 aromatic heterocycles. The summed E-state index contributed by atoms with van der Waals surface area (Å²) in [7, 11) is 3.15. The molecule has 0 fully saturated rings. The highest BCUT2D eigenvalue weighted by Crippen LogP contribution is 2.39. The SMILES string of the molecule is COc1cc2c(cc1OC)[C@H](c1ccc(Cl)cc1Cl)NC(=O)C2. The molecule has 4 nitrogen and oxygen atoms in total. The van der Waals surface area contributed by atoms with E-state index < -0.39 is 0 Å². The molecule has 120 valence electrons. The molecule has 0 unspecified atom stereocenters. The standard InChI is InChI=1S/C17H15Cl2NO3/c1-22-14-5-9-6-16(21)20-17(12(9)8-15(14)23-2)11-4-3-10(18)7-13(11)19/h3-5,7-8,17H,6H2,1-2H3,(H,20,21)/t17-/m0/s1. The molecule has 1 amide bonds. The number of rotatable bonds is 3. The molecule has 6 heteroatoms. The molecule has 0 saturated carbocycles. The van der Waals surface area contributed by atoms with Crippen molar-refractivity contribution in [2.75, 3.05) is 14.2 Å². The normalized spacial score (nSPS) is 16.5. The fourth-order valence-corrected chi connectivity index (χ4v) is 3.32. The highest BCUT2D eigenvalue weighted by molar-refractivity contribution is 6.35. The molecule has 23 heavy (non-hydrogen) atoms. The van der Waals surface area contributed by atoms with Gasteiger partial charge < -0.3 is 14.8 Å². The Hall–Kier alpha value is -1.91. The lowest BCUT2D eigenvalue weighted by Gasteiger charge is -2.28. The van der Waals surface area contributed by atoms with Crippen LogP contribution in [0.1, 0.15) is 22.7 Å². The van der Waals surface area contributed by atoms with E-state index in [2.05, 4.69) is 5.32 Å². The Labute approximate surface area is 144 Å². The maximum atomic E-state index is 12.1. The van der Waals surface area contributed by atoms with Crippen LogP contribution in [0.4, 0.5) is 0 Å². The fraction of sp³-hybridized carbons (Fsp3) is 0.235. The predicted octanol–water partition coefficient (Wildman–Crippen LogP) is 3.77. The number of methoxy groups -OCH3 is 2. The molecule has 0 aliphatic carbocycles. The molecule has 0 bridgehead atoms. The number of carbonyl (C=O) groups is 1. The first-order chi connectivity index (χ1) is 11.0. The summed E-state index contributed by atoms with van der Waals surface area (Å²) in [6, 6.07) is 8.61. The van der Waals surface area contributed by atoms with Gasteiger partial charge in [0.1, 0.15) is 0 Å². The van der Waals surface area contributed by atoms with Crippen LogP contribution in [0, 0.1) is 0 Å². The van der Waals surface area contributed by atoms with Gasteiger partial charge in [-0.25, -0.2) is 0 Å². The highest BCUT2D eigenvalue weighted by Gasteiger charge is 2.29. The van der Waals surface area contributed by atoms with E-state index in [0.29, 0.717) is 21.5 Å². The van der Waals surface area contributed by atoms with Crippen molar-refractivity contribution >= 4 is 29.1 Å². The van der Waals surface area contributed by atoms with Crippen molar-refractivity contribution in [3.8, 4) is 11.5 Å². The second-order valence-corrected chi connectivity index (χ2v) is 6.09.